The molecule has 0 aliphatic rings. The van der Waals surface area contributed by atoms with Crippen molar-refractivity contribution in [3.05, 3.63) is 35.1 Å². The normalized spacial score (nSPS) is 12.3. The maximum absolute atomic E-state index is 13.7. The minimum absolute atomic E-state index is 0.277. The number of nitrogens with zero attached hydrogens (tertiary/aromatic N) is 1. The number of carbonyl (C=O) groups excluding carboxylic acids is 1. The lowest BCUT2D eigenvalue weighted by molar-refractivity contribution is -0.301. The molecule has 20 heavy (non-hydrogen) atoms. The maximum Gasteiger partial charge on any atom is 0.376 e. The zero-order valence-electron chi connectivity index (χ0n) is 11.9. The third-order valence-corrected chi connectivity index (χ3v) is 2.34. The van der Waals surface area contributed by atoms with E-state index in [9.17, 15) is 9.18 Å². The number of hydrogen-bond donors (Lipinski definition) is 1. The monoisotopic (exact) mass is 283 g/mol. The highest BCUT2D eigenvalue weighted by Crippen LogP contribution is 2.16. The van der Waals surface area contributed by atoms with Gasteiger partial charge in [0.1, 0.15) is 11.4 Å². The lowest BCUT2D eigenvalue weighted by atomic mass is 10.0. The van der Waals surface area contributed by atoms with E-state index in [1.54, 1.807) is 27.7 Å². The SMILES string of the molecule is CCC(=NO)c1ccc(F)c(C(=O)OOC(C)(C)C)c1. The van der Waals surface area contributed by atoms with Gasteiger partial charge in [0, 0.05) is 5.56 Å². The highest BCUT2D eigenvalue weighted by molar-refractivity contribution is 6.02. The lowest BCUT2D eigenvalue weighted by Gasteiger charge is -2.16. The van der Waals surface area contributed by atoms with Gasteiger partial charge in [-0.2, -0.15) is 4.89 Å². The van der Waals surface area contributed by atoms with Crippen molar-refractivity contribution in [1.82, 2.24) is 0 Å². The molecule has 1 N–H and O–H groups in total. The van der Waals surface area contributed by atoms with Gasteiger partial charge < -0.3 is 5.21 Å². The Bertz CT molecular complexity index is 520. The molecular weight excluding hydrogens is 265 g/mol. The van der Waals surface area contributed by atoms with Gasteiger partial charge in [-0.05, 0) is 39.3 Å². The molecule has 0 radical (unpaired) electrons. The summed E-state index contributed by atoms with van der Waals surface area (Å²) in [6, 6.07) is 3.81. The Labute approximate surface area is 116 Å². The molecule has 0 aliphatic heterocycles. The highest BCUT2D eigenvalue weighted by atomic mass is 19.1. The topological polar surface area (TPSA) is 68.1 Å². The predicted molar refractivity (Wildman–Crippen MR) is 71.3 cm³/mol. The molecule has 0 spiro atoms. The zero-order chi connectivity index (χ0) is 15.3. The summed E-state index contributed by atoms with van der Waals surface area (Å²) in [5.41, 5.74) is -0.179. The van der Waals surface area contributed by atoms with Gasteiger partial charge in [-0.1, -0.05) is 18.1 Å². The van der Waals surface area contributed by atoms with Gasteiger partial charge in [-0.15, -0.1) is 0 Å². The van der Waals surface area contributed by atoms with Crippen LogP contribution in [0.15, 0.2) is 23.4 Å². The molecule has 0 unspecified atom stereocenters. The third-order valence-electron chi connectivity index (χ3n) is 2.34. The van der Waals surface area contributed by atoms with Crippen LogP contribution in [0.1, 0.15) is 50.0 Å². The maximum atomic E-state index is 13.7. The van der Waals surface area contributed by atoms with Crippen molar-refractivity contribution in [3.8, 4) is 0 Å². The summed E-state index contributed by atoms with van der Waals surface area (Å²) >= 11 is 0. The van der Waals surface area contributed by atoms with E-state index in [0.717, 1.165) is 6.07 Å². The molecule has 0 atom stereocenters. The number of hydrogen-bond acceptors (Lipinski definition) is 5. The fraction of sp³-hybridized carbons (Fsp3) is 0.429. The van der Waals surface area contributed by atoms with Gasteiger partial charge >= 0.3 is 5.97 Å². The summed E-state index contributed by atoms with van der Waals surface area (Å²) in [5.74, 6) is -1.67. The number of oxime groups is 1. The van der Waals surface area contributed by atoms with Crippen LogP contribution < -0.4 is 0 Å². The summed E-state index contributed by atoms with van der Waals surface area (Å²) < 4.78 is 13.7. The second-order valence-electron chi connectivity index (χ2n) is 5.16. The standard InChI is InChI=1S/C14H18FNO4/c1-5-12(16-18)9-6-7-11(15)10(8-9)13(17)19-20-14(2,3)4/h6-8,18H,5H2,1-4H3. The quantitative estimate of drug-likeness (QED) is 0.398. The van der Waals surface area contributed by atoms with Crippen molar-refractivity contribution in [3.63, 3.8) is 0 Å². The van der Waals surface area contributed by atoms with Crippen LogP contribution in [0.3, 0.4) is 0 Å². The van der Waals surface area contributed by atoms with Crippen LogP contribution in [0.4, 0.5) is 4.39 Å². The van der Waals surface area contributed by atoms with Crippen molar-refractivity contribution in [1.29, 1.82) is 0 Å². The average molecular weight is 283 g/mol. The van der Waals surface area contributed by atoms with E-state index in [-0.39, 0.29) is 5.56 Å². The van der Waals surface area contributed by atoms with E-state index in [2.05, 4.69) is 10.0 Å². The van der Waals surface area contributed by atoms with E-state index >= 15 is 0 Å². The summed E-state index contributed by atoms with van der Waals surface area (Å²) in [5, 5.41) is 11.9. The second-order valence-corrected chi connectivity index (χ2v) is 5.16. The van der Waals surface area contributed by atoms with Gasteiger partial charge in [-0.25, -0.2) is 9.18 Å². The Morgan fingerprint density at radius 2 is 2.05 bits per heavy atom. The van der Waals surface area contributed by atoms with Gasteiger partial charge in [0.15, 0.2) is 0 Å². The second kappa shape index (κ2) is 6.47. The minimum Gasteiger partial charge on any atom is -0.411 e. The Morgan fingerprint density at radius 3 is 2.55 bits per heavy atom. The van der Waals surface area contributed by atoms with E-state index in [4.69, 9.17) is 10.1 Å². The highest BCUT2D eigenvalue weighted by Gasteiger charge is 2.20. The first kappa shape index (κ1) is 16.1. The Kier molecular flexibility index (Phi) is 5.21. The molecule has 0 bridgehead atoms. The average Bonchev–Trinajstić information content (AvgIpc) is 2.38. The summed E-state index contributed by atoms with van der Waals surface area (Å²) in [6.07, 6.45) is 0.440. The third kappa shape index (κ3) is 4.31. The van der Waals surface area contributed by atoms with Crippen LogP contribution in [0.25, 0.3) is 0 Å². The molecule has 0 aliphatic carbocycles. The molecule has 5 nitrogen and oxygen atoms in total. The molecule has 110 valence electrons. The molecule has 6 heteroatoms. The van der Waals surface area contributed by atoms with E-state index in [1.165, 1.54) is 12.1 Å². The summed E-state index contributed by atoms with van der Waals surface area (Å²) in [6.45, 7) is 6.86. The Balaban J connectivity index is 3.00. The minimum atomic E-state index is -0.937. The van der Waals surface area contributed by atoms with E-state index < -0.39 is 17.4 Å². The van der Waals surface area contributed by atoms with Crippen molar-refractivity contribution in [2.75, 3.05) is 0 Å². The van der Waals surface area contributed by atoms with Crippen LogP contribution in [-0.4, -0.2) is 22.5 Å². The molecule has 0 saturated heterocycles. The van der Waals surface area contributed by atoms with E-state index in [0.29, 0.717) is 17.7 Å². The smallest absolute Gasteiger partial charge is 0.376 e. The van der Waals surface area contributed by atoms with Crippen LogP contribution >= 0.6 is 0 Å². The fourth-order valence-corrected chi connectivity index (χ4v) is 1.40. The molecule has 0 heterocycles. The molecular formula is C14H18FNO4. The zero-order valence-corrected chi connectivity index (χ0v) is 11.9. The molecule has 0 aromatic heterocycles. The largest absolute Gasteiger partial charge is 0.411 e. The first-order valence-corrected chi connectivity index (χ1v) is 6.19. The summed E-state index contributed by atoms with van der Waals surface area (Å²) in [7, 11) is 0. The molecule has 0 fully saturated rings. The van der Waals surface area contributed by atoms with Gasteiger partial charge in [0.05, 0.1) is 11.3 Å². The van der Waals surface area contributed by atoms with Crippen LogP contribution in [0, 0.1) is 5.82 Å². The molecule has 0 saturated carbocycles. The Morgan fingerprint density at radius 1 is 1.40 bits per heavy atom. The molecule has 0 amide bonds. The summed E-state index contributed by atoms with van der Waals surface area (Å²) in [4.78, 5) is 21.2. The molecule has 1 aromatic rings. The van der Waals surface area contributed by atoms with Crippen LogP contribution in [0.5, 0.6) is 0 Å². The van der Waals surface area contributed by atoms with Gasteiger partial charge in [-0.3, -0.25) is 4.89 Å². The van der Waals surface area contributed by atoms with E-state index in [1.807, 2.05) is 0 Å². The fourth-order valence-electron chi connectivity index (χ4n) is 1.40. The molecule has 1 aromatic carbocycles. The van der Waals surface area contributed by atoms with Crippen molar-refractivity contribution in [2.24, 2.45) is 5.16 Å². The number of rotatable bonds is 4. The van der Waals surface area contributed by atoms with Crippen molar-refractivity contribution >= 4 is 11.7 Å². The first-order chi connectivity index (χ1) is 9.28. The van der Waals surface area contributed by atoms with Gasteiger partial charge in [0.25, 0.3) is 0 Å². The van der Waals surface area contributed by atoms with Crippen molar-refractivity contribution in [2.45, 2.75) is 39.7 Å². The number of carbonyl (C=O) groups is 1. The first-order valence-electron chi connectivity index (χ1n) is 6.19. The van der Waals surface area contributed by atoms with Gasteiger partial charge in [0.2, 0.25) is 0 Å². The number of benzene rings is 1. The van der Waals surface area contributed by atoms with Crippen LogP contribution in [0.2, 0.25) is 0 Å². The number of halogens is 1. The molecule has 1 rings (SSSR count). The van der Waals surface area contributed by atoms with Crippen LogP contribution in [-0.2, 0) is 9.78 Å². The Hall–Kier alpha value is -1.95. The lowest BCUT2D eigenvalue weighted by Crippen LogP contribution is -2.22. The predicted octanol–water partition coefficient (Wildman–Crippen LogP) is 3.30. The van der Waals surface area contributed by atoms with Crippen molar-refractivity contribution < 1.29 is 24.2 Å².